The highest BCUT2D eigenvalue weighted by atomic mass is 19.1. The molecule has 0 bridgehead atoms. The van der Waals surface area contributed by atoms with Crippen molar-refractivity contribution < 1.29 is 4.39 Å². The van der Waals surface area contributed by atoms with Gasteiger partial charge < -0.3 is 5.84 Å². The molecule has 0 aliphatic heterocycles. The van der Waals surface area contributed by atoms with Gasteiger partial charge in [0, 0.05) is 0 Å². The fraction of sp³-hybridized carbons (Fsp3) is 0.0833. The Labute approximate surface area is 106 Å². The number of nitrogens with zero attached hydrogens (tertiary/aromatic N) is 4. The molecule has 0 unspecified atom stereocenters. The molecule has 19 heavy (non-hydrogen) atoms. The Morgan fingerprint density at radius 3 is 2.89 bits per heavy atom. The number of nitrogens with two attached hydrogens (primary N) is 1. The number of aryl methyl sites for hydroxylation is 1. The molecule has 0 radical (unpaired) electrons. The van der Waals surface area contributed by atoms with Gasteiger partial charge in [0.25, 0.3) is 5.56 Å². The predicted molar refractivity (Wildman–Crippen MR) is 68.0 cm³/mol. The lowest BCUT2D eigenvalue weighted by Crippen LogP contribution is -2.27. The lowest BCUT2D eigenvalue weighted by molar-refractivity contribution is 0.625. The molecule has 0 atom stereocenters. The molecular formula is C12H10FN5O. The summed E-state index contributed by atoms with van der Waals surface area (Å²) in [6.45, 7) is 1.76. The summed E-state index contributed by atoms with van der Waals surface area (Å²) >= 11 is 0. The molecule has 7 heteroatoms. The Bertz CT molecular complexity index is 836. The van der Waals surface area contributed by atoms with Crippen molar-refractivity contribution >= 4 is 11.0 Å². The molecule has 0 saturated heterocycles. The molecule has 0 aliphatic carbocycles. The summed E-state index contributed by atoms with van der Waals surface area (Å²) in [5.74, 6) is 5.11. The smallest absolute Gasteiger partial charge is 0.282 e. The molecule has 0 fully saturated rings. The second-order valence-corrected chi connectivity index (χ2v) is 4.18. The minimum Gasteiger partial charge on any atom is -0.335 e. The summed E-state index contributed by atoms with van der Waals surface area (Å²) in [5, 5.41) is 4.43. The average Bonchev–Trinajstić information content (AvgIpc) is 2.78. The van der Waals surface area contributed by atoms with E-state index in [2.05, 4.69) is 10.1 Å². The third-order valence-electron chi connectivity index (χ3n) is 2.90. The van der Waals surface area contributed by atoms with Crippen molar-refractivity contribution in [2.24, 2.45) is 0 Å². The predicted octanol–water partition coefficient (Wildman–Crippen LogP) is 0.744. The van der Waals surface area contributed by atoms with Gasteiger partial charge in [0.15, 0.2) is 5.65 Å². The van der Waals surface area contributed by atoms with Gasteiger partial charge in [-0.3, -0.25) is 4.79 Å². The van der Waals surface area contributed by atoms with E-state index in [4.69, 9.17) is 5.84 Å². The zero-order valence-corrected chi connectivity index (χ0v) is 10.0. The zero-order valence-electron chi connectivity index (χ0n) is 10.0. The largest absolute Gasteiger partial charge is 0.335 e. The van der Waals surface area contributed by atoms with Gasteiger partial charge >= 0.3 is 0 Å². The molecule has 1 aromatic carbocycles. The monoisotopic (exact) mass is 259 g/mol. The Hall–Kier alpha value is -2.70. The maximum absolute atomic E-state index is 13.1. The number of halogens is 1. The zero-order chi connectivity index (χ0) is 13.6. The molecular weight excluding hydrogens is 249 g/mol. The van der Waals surface area contributed by atoms with Crippen molar-refractivity contribution in [2.45, 2.75) is 6.92 Å². The van der Waals surface area contributed by atoms with Gasteiger partial charge in [-0.15, -0.1) is 0 Å². The highest BCUT2D eigenvalue weighted by Crippen LogP contribution is 2.18. The van der Waals surface area contributed by atoms with Crippen LogP contribution in [0, 0.1) is 12.7 Å². The van der Waals surface area contributed by atoms with E-state index in [1.54, 1.807) is 13.0 Å². The van der Waals surface area contributed by atoms with Crippen LogP contribution in [0.25, 0.3) is 16.7 Å². The van der Waals surface area contributed by atoms with E-state index in [1.165, 1.54) is 29.3 Å². The molecule has 2 aromatic heterocycles. The van der Waals surface area contributed by atoms with Crippen molar-refractivity contribution in [3.05, 3.63) is 52.5 Å². The molecule has 3 aromatic rings. The van der Waals surface area contributed by atoms with Gasteiger partial charge in [0.1, 0.15) is 17.5 Å². The Morgan fingerprint density at radius 2 is 2.16 bits per heavy atom. The van der Waals surface area contributed by atoms with Crippen LogP contribution in [0.3, 0.4) is 0 Å². The van der Waals surface area contributed by atoms with Crippen molar-refractivity contribution in [2.75, 3.05) is 5.84 Å². The van der Waals surface area contributed by atoms with E-state index in [-0.39, 0.29) is 11.4 Å². The Balaban J connectivity index is 2.32. The summed E-state index contributed by atoms with van der Waals surface area (Å²) in [5.41, 5.74) is 1.37. The summed E-state index contributed by atoms with van der Waals surface area (Å²) in [6, 6.07) is 4.32. The van der Waals surface area contributed by atoms with E-state index >= 15 is 0 Å². The summed E-state index contributed by atoms with van der Waals surface area (Å²) in [7, 11) is 0. The number of benzene rings is 1. The van der Waals surface area contributed by atoms with Crippen LogP contribution in [0.15, 0.2) is 35.5 Å². The van der Waals surface area contributed by atoms with Crippen LogP contribution >= 0.6 is 0 Å². The van der Waals surface area contributed by atoms with E-state index in [1.807, 2.05) is 0 Å². The third-order valence-corrected chi connectivity index (χ3v) is 2.90. The number of aromatic nitrogens is 4. The van der Waals surface area contributed by atoms with Crippen LogP contribution in [-0.2, 0) is 0 Å². The second kappa shape index (κ2) is 3.91. The minimum absolute atomic E-state index is 0.314. The van der Waals surface area contributed by atoms with Crippen molar-refractivity contribution in [1.29, 1.82) is 0 Å². The maximum atomic E-state index is 13.1. The molecule has 0 spiro atoms. The van der Waals surface area contributed by atoms with E-state index < -0.39 is 0 Å². The van der Waals surface area contributed by atoms with Crippen LogP contribution < -0.4 is 11.4 Å². The lowest BCUT2D eigenvalue weighted by Gasteiger charge is -2.06. The summed E-state index contributed by atoms with van der Waals surface area (Å²) in [4.78, 5) is 15.9. The molecule has 6 nitrogen and oxygen atoms in total. The standard InChI is InChI=1S/C12H10FN5O/c1-7-4-8(13)2-3-10(7)18-11-9(5-16-18)12(19)17(14)6-15-11/h2-6H,14H2,1H3. The minimum atomic E-state index is -0.379. The van der Waals surface area contributed by atoms with Gasteiger partial charge in [-0.05, 0) is 30.7 Å². The van der Waals surface area contributed by atoms with Crippen LogP contribution in [-0.4, -0.2) is 19.4 Å². The Morgan fingerprint density at radius 1 is 1.37 bits per heavy atom. The first-order chi connectivity index (χ1) is 9.08. The van der Waals surface area contributed by atoms with Crippen molar-refractivity contribution in [3.8, 4) is 5.69 Å². The SMILES string of the molecule is Cc1cc(F)ccc1-n1ncc2c(=O)n(N)cnc21. The van der Waals surface area contributed by atoms with E-state index in [9.17, 15) is 9.18 Å². The number of fused-ring (bicyclic) bond motifs is 1. The van der Waals surface area contributed by atoms with Crippen LogP contribution in [0.2, 0.25) is 0 Å². The van der Waals surface area contributed by atoms with Gasteiger partial charge in [0.2, 0.25) is 0 Å². The lowest BCUT2D eigenvalue weighted by atomic mass is 10.2. The van der Waals surface area contributed by atoms with Gasteiger partial charge in [-0.2, -0.15) is 5.10 Å². The maximum Gasteiger partial charge on any atom is 0.282 e. The highest BCUT2D eigenvalue weighted by molar-refractivity contribution is 5.75. The van der Waals surface area contributed by atoms with E-state index in [0.29, 0.717) is 22.3 Å². The Kier molecular flexibility index (Phi) is 2.34. The van der Waals surface area contributed by atoms with Crippen molar-refractivity contribution in [3.63, 3.8) is 0 Å². The number of hydrogen-bond acceptors (Lipinski definition) is 4. The van der Waals surface area contributed by atoms with Gasteiger partial charge in [0.05, 0.1) is 11.9 Å². The normalized spacial score (nSPS) is 11.1. The third kappa shape index (κ3) is 1.67. The first-order valence-electron chi connectivity index (χ1n) is 5.55. The van der Waals surface area contributed by atoms with Crippen LogP contribution in [0.1, 0.15) is 5.56 Å². The molecule has 0 saturated carbocycles. The first-order valence-corrected chi connectivity index (χ1v) is 5.55. The van der Waals surface area contributed by atoms with Crippen LogP contribution in [0.5, 0.6) is 0 Å². The number of rotatable bonds is 1. The van der Waals surface area contributed by atoms with Crippen LogP contribution in [0.4, 0.5) is 4.39 Å². The first kappa shape index (κ1) is 11.4. The fourth-order valence-electron chi connectivity index (χ4n) is 1.96. The average molecular weight is 259 g/mol. The molecule has 3 rings (SSSR count). The van der Waals surface area contributed by atoms with Gasteiger partial charge in [-0.25, -0.2) is 18.7 Å². The topological polar surface area (TPSA) is 78.7 Å². The number of nitrogen functional groups attached to an aromatic ring is 1. The number of hydrogen-bond donors (Lipinski definition) is 1. The van der Waals surface area contributed by atoms with Crippen molar-refractivity contribution in [1.82, 2.24) is 19.4 Å². The fourth-order valence-corrected chi connectivity index (χ4v) is 1.96. The molecule has 0 aliphatic rings. The molecule has 2 N–H and O–H groups in total. The highest BCUT2D eigenvalue weighted by Gasteiger charge is 2.12. The molecule has 0 amide bonds. The molecule has 96 valence electrons. The van der Waals surface area contributed by atoms with E-state index in [0.717, 1.165) is 4.68 Å². The second-order valence-electron chi connectivity index (χ2n) is 4.18. The summed E-state index contributed by atoms with van der Waals surface area (Å²) < 4.78 is 15.5. The quantitative estimate of drug-likeness (QED) is 0.654. The van der Waals surface area contributed by atoms with Gasteiger partial charge in [-0.1, -0.05) is 0 Å². The molecule has 2 heterocycles. The summed E-state index contributed by atoms with van der Waals surface area (Å²) in [6.07, 6.45) is 2.62.